The van der Waals surface area contributed by atoms with Gasteiger partial charge in [0.25, 0.3) is 0 Å². The number of amides is 1. The van der Waals surface area contributed by atoms with E-state index in [2.05, 4.69) is 29.6 Å². The monoisotopic (exact) mass is 239 g/mol. The van der Waals surface area contributed by atoms with Gasteiger partial charge in [-0.25, -0.2) is 0 Å². The molecule has 0 fully saturated rings. The minimum atomic E-state index is 0.00635. The Morgan fingerprint density at radius 2 is 1.39 bits per heavy atom. The number of nitrogens with one attached hydrogen (secondary N) is 1. The van der Waals surface area contributed by atoms with E-state index in [1.807, 2.05) is 36.4 Å². The predicted octanol–water partition coefficient (Wildman–Crippen LogP) is 2.95. The van der Waals surface area contributed by atoms with E-state index in [1.165, 1.54) is 11.1 Å². The Kier molecular flexibility index (Phi) is 4.13. The molecule has 2 aromatic carbocycles. The highest BCUT2D eigenvalue weighted by Crippen LogP contribution is 2.23. The van der Waals surface area contributed by atoms with Crippen molar-refractivity contribution in [3.05, 3.63) is 71.8 Å². The number of hydrogen-bond acceptors (Lipinski definition) is 1. The van der Waals surface area contributed by atoms with Crippen molar-refractivity contribution in [1.29, 1.82) is 0 Å². The van der Waals surface area contributed by atoms with Crippen LogP contribution in [0, 0.1) is 0 Å². The molecular weight excluding hydrogens is 222 g/mol. The van der Waals surface area contributed by atoms with Crippen LogP contribution in [0.5, 0.6) is 0 Å². The van der Waals surface area contributed by atoms with Gasteiger partial charge in [0.1, 0.15) is 0 Å². The van der Waals surface area contributed by atoms with E-state index in [4.69, 9.17) is 0 Å². The lowest BCUT2D eigenvalue weighted by Gasteiger charge is -2.18. The molecule has 1 amide bonds. The molecule has 0 aliphatic carbocycles. The summed E-state index contributed by atoms with van der Waals surface area (Å²) in [5.41, 5.74) is 2.44. The standard InChI is InChI=1S/C16H17NO/c1-13(18)17-12-16(14-8-4-2-5-9-14)15-10-6-3-7-11-15/h2-11,16H,12H2,1H3,(H,17,18). The summed E-state index contributed by atoms with van der Waals surface area (Å²) in [6, 6.07) is 20.5. The maximum absolute atomic E-state index is 11.1. The summed E-state index contributed by atoms with van der Waals surface area (Å²) in [7, 11) is 0. The minimum absolute atomic E-state index is 0.00635. The van der Waals surface area contributed by atoms with Crippen LogP contribution in [0.3, 0.4) is 0 Å². The summed E-state index contributed by atoms with van der Waals surface area (Å²) < 4.78 is 0. The second-order valence-corrected chi connectivity index (χ2v) is 4.31. The molecule has 1 N–H and O–H groups in total. The van der Waals surface area contributed by atoms with Crippen molar-refractivity contribution in [3.8, 4) is 0 Å². The number of hydrogen-bond donors (Lipinski definition) is 1. The lowest BCUT2D eigenvalue weighted by atomic mass is 9.91. The maximum Gasteiger partial charge on any atom is 0.216 e. The second kappa shape index (κ2) is 6.01. The normalized spacial score (nSPS) is 10.3. The highest BCUT2D eigenvalue weighted by atomic mass is 16.1. The van der Waals surface area contributed by atoms with Crippen LogP contribution in [0.4, 0.5) is 0 Å². The molecule has 0 aromatic heterocycles. The summed E-state index contributed by atoms with van der Waals surface area (Å²) >= 11 is 0. The zero-order chi connectivity index (χ0) is 12.8. The van der Waals surface area contributed by atoms with Crippen LogP contribution in [0.2, 0.25) is 0 Å². The van der Waals surface area contributed by atoms with Gasteiger partial charge in [0.2, 0.25) is 5.91 Å². The molecule has 0 atom stereocenters. The molecule has 18 heavy (non-hydrogen) atoms. The topological polar surface area (TPSA) is 29.1 Å². The maximum atomic E-state index is 11.1. The van der Waals surface area contributed by atoms with E-state index >= 15 is 0 Å². The smallest absolute Gasteiger partial charge is 0.216 e. The minimum Gasteiger partial charge on any atom is -0.355 e. The Bertz CT molecular complexity index is 454. The molecule has 0 spiro atoms. The molecule has 0 aliphatic rings. The van der Waals surface area contributed by atoms with Gasteiger partial charge in [-0.2, -0.15) is 0 Å². The second-order valence-electron chi connectivity index (χ2n) is 4.31. The lowest BCUT2D eigenvalue weighted by Crippen LogP contribution is -2.26. The molecule has 2 heteroatoms. The Balaban J connectivity index is 2.26. The molecule has 0 unspecified atom stereocenters. The van der Waals surface area contributed by atoms with Crippen molar-refractivity contribution < 1.29 is 4.79 Å². The van der Waals surface area contributed by atoms with Gasteiger partial charge in [-0.15, -0.1) is 0 Å². The van der Waals surface area contributed by atoms with Crippen LogP contribution in [0.1, 0.15) is 24.0 Å². The number of benzene rings is 2. The summed E-state index contributed by atoms with van der Waals surface area (Å²) in [6.07, 6.45) is 0. The first-order valence-corrected chi connectivity index (χ1v) is 6.11. The van der Waals surface area contributed by atoms with E-state index in [-0.39, 0.29) is 11.8 Å². The zero-order valence-corrected chi connectivity index (χ0v) is 10.5. The third-order valence-electron chi connectivity index (χ3n) is 2.96. The van der Waals surface area contributed by atoms with E-state index in [9.17, 15) is 4.79 Å². The Morgan fingerprint density at radius 3 is 1.78 bits per heavy atom. The molecule has 2 aromatic rings. The van der Waals surface area contributed by atoms with E-state index in [1.54, 1.807) is 6.92 Å². The molecule has 0 saturated carbocycles. The van der Waals surface area contributed by atoms with E-state index in [0.717, 1.165) is 0 Å². The van der Waals surface area contributed by atoms with E-state index < -0.39 is 0 Å². The number of carbonyl (C=O) groups is 1. The van der Waals surface area contributed by atoms with Gasteiger partial charge in [-0.1, -0.05) is 60.7 Å². The highest BCUT2D eigenvalue weighted by molar-refractivity contribution is 5.73. The van der Waals surface area contributed by atoms with Gasteiger partial charge >= 0.3 is 0 Å². The fraction of sp³-hybridized carbons (Fsp3) is 0.188. The van der Waals surface area contributed by atoms with Gasteiger partial charge in [-0.05, 0) is 11.1 Å². The summed E-state index contributed by atoms with van der Waals surface area (Å²) in [6.45, 7) is 2.18. The molecule has 0 radical (unpaired) electrons. The average Bonchev–Trinajstić information content (AvgIpc) is 2.41. The van der Waals surface area contributed by atoms with Gasteiger partial charge in [0.15, 0.2) is 0 Å². The SMILES string of the molecule is CC(=O)NCC(c1ccccc1)c1ccccc1. The fourth-order valence-electron chi connectivity index (χ4n) is 2.04. The molecule has 0 bridgehead atoms. The lowest BCUT2D eigenvalue weighted by molar-refractivity contribution is -0.118. The zero-order valence-electron chi connectivity index (χ0n) is 10.5. The van der Waals surface area contributed by atoms with Crippen LogP contribution in [-0.4, -0.2) is 12.5 Å². The Labute approximate surface area is 108 Å². The van der Waals surface area contributed by atoms with Gasteiger partial charge in [0.05, 0.1) is 0 Å². The molecule has 0 heterocycles. The summed E-state index contributed by atoms with van der Waals surface area (Å²) in [4.78, 5) is 11.1. The Hall–Kier alpha value is -2.09. The van der Waals surface area contributed by atoms with Crippen molar-refractivity contribution >= 4 is 5.91 Å². The fourth-order valence-corrected chi connectivity index (χ4v) is 2.04. The quantitative estimate of drug-likeness (QED) is 0.873. The van der Waals surface area contributed by atoms with Crippen LogP contribution < -0.4 is 5.32 Å². The highest BCUT2D eigenvalue weighted by Gasteiger charge is 2.13. The van der Waals surface area contributed by atoms with Crippen molar-refractivity contribution in [2.45, 2.75) is 12.8 Å². The van der Waals surface area contributed by atoms with Crippen LogP contribution in [-0.2, 0) is 4.79 Å². The first-order chi connectivity index (χ1) is 8.77. The van der Waals surface area contributed by atoms with Gasteiger partial charge < -0.3 is 5.32 Å². The Morgan fingerprint density at radius 1 is 0.944 bits per heavy atom. The van der Waals surface area contributed by atoms with Crippen LogP contribution >= 0.6 is 0 Å². The molecule has 0 saturated heterocycles. The first kappa shape index (κ1) is 12.4. The third kappa shape index (κ3) is 3.20. The predicted molar refractivity (Wildman–Crippen MR) is 73.4 cm³/mol. The van der Waals surface area contributed by atoms with Crippen LogP contribution in [0.25, 0.3) is 0 Å². The summed E-state index contributed by atoms with van der Waals surface area (Å²) in [5.74, 6) is 0.211. The van der Waals surface area contributed by atoms with Crippen molar-refractivity contribution in [1.82, 2.24) is 5.32 Å². The van der Waals surface area contributed by atoms with Gasteiger partial charge in [-0.3, -0.25) is 4.79 Å². The third-order valence-corrected chi connectivity index (χ3v) is 2.96. The number of carbonyl (C=O) groups excluding carboxylic acids is 1. The molecule has 2 rings (SSSR count). The van der Waals surface area contributed by atoms with Gasteiger partial charge in [0, 0.05) is 19.4 Å². The average molecular weight is 239 g/mol. The number of rotatable bonds is 4. The first-order valence-electron chi connectivity index (χ1n) is 6.11. The van der Waals surface area contributed by atoms with Crippen molar-refractivity contribution in [2.75, 3.05) is 6.54 Å². The summed E-state index contributed by atoms with van der Waals surface area (Å²) in [5, 5.41) is 2.90. The van der Waals surface area contributed by atoms with Crippen LogP contribution in [0.15, 0.2) is 60.7 Å². The van der Waals surface area contributed by atoms with Crippen molar-refractivity contribution in [2.24, 2.45) is 0 Å². The molecule has 2 nitrogen and oxygen atoms in total. The molecule has 92 valence electrons. The van der Waals surface area contributed by atoms with E-state index in [0.29, 0.717) is 6.54 Å². The van der Waals surface area contributed by atoms with Crippen molar-refractivity contribution in [3.63, 3.8) is 0 Å². The molecule has 0 aliphatic heterocycles. The largest absolute Gasteiger partial charge is 0.355 e. The molecular formula is C16H17NO.